The second-order valence-electron chi connectivity index (χ2n) is 8.25. The first-order valence-electron chi connectivity index (χ1n) is 10.4. The first-order chi connectivity index (χ1) is 14.7. The largest absolute Gasteiger partial charge is 0.490 e. The van der Waals surface area contributed by atoms with Gasteiger partial charge in [-0.25, -0.2) is 23.2 Å². The van der Waals surface area contributed by atoms with Crippen LogP contribution in [-0.4, -0.2) is 61.9 Å². The Bertz CT molecular complexity index is 967. The molecule has 1 aliphatic heterocycles. The normalized spacial score (nSPS) is 15.2. The number of hydrogen-bond donors (Lipinski definition) is 0. The summed E-state index contributed by atoms with van der Waals surface area (Å²) >= 11 is 0. The zero-order valence-corrected chi connectivity index (χ0v) is 19.0. The fourth-order valence-electron chi connectivity index (χ4n) is 3.22. The number of sulfone groups is 1. The third-order valence-corrected chi connectivity index (χ3v) is 6.20. The summed E-state index contributed by atoms with van der Waals surface area (Å²) in [5.74, 6) is 1.77. The number of hydrogen-bond acceptors (Lipinski definition) is 7. The summed E-state index contributed by atoms with van der Waals surface area (Å²) in [6.45, 7) is 6.36. The average molecular weight is 448 g/mol. The molecule has 3 rings (SSSR count). The number of aromatic nitrogens is 2. The minimum Gasteiger partial charge on any atom is -0.490 e. The number of piperidine rings is 1. The third kappa shape index (κ3) is 6.65. The number of amides is 1. The highest BCUT2D eigenvalue weighted by Gasteiger charge is 2.24. The van der Waals surface area contributed by atoms with Crippen LogP contribution < -0.4 is 4.74 Å². The summed E-state index contributed by atoms with van der Waals surface area (Å²) in [4.78, 5) is 22.7. The zero-order chi connectivity index (χ0) is 22.4. The molecule has 0 radical (unpaired) electrons. The van der Waals surface area contributed by atoms with Crippen molar-refractivity contribution in [1.29, 1.82) is 0 Å². The van der Waals surface area contributed by atoms with Gasteiger partial charge in [-0.05, 0) is 48.9 Å². The Labute approximate surface area is 183 Å². The highest BCUT2D eigenvalue weighted by Crippen LogP contribution is 2.22. The second-order valence-corrected chi connectivity index (χ2v) is 10.3. The number of nitrogens with zero attached hydrogens (tertiary/aromatic N) is 3. The molecule has 2 aromatic rings. The molecule has 1 fully saturated rings. The molecule has 1 aromatic heterocycles. The van der Waals surface area contributed by atoms with Crippen LogP contribution in [0.15, 0.2) is 41.6 Å². The van der Waals surface area contributed by atoms with Gasteiger partial charge in [0.1, 0.15) is 0 Å². The summed E-state index contributed by atoms with van der Waals surface area (Å²) in [6, 6.07) is 6.46. The third-order valence-electron chi connectivity index (χ3n) is 5.07. The van der Waals surface area contributed by atoms with Crippen LogP contribution >= 0.6 is 0 Å². The average Bonchev–Trinajstić information content (AvgIpc) is 2.76. The highest BCUT2D eigenvalue weighted by atomic mass is 32.2. The van der Waals surface area contributed by atoms with Crippen LogP contribution in [0.4, 0.5) is 4.79 Å². The molecule has 0 bridgehead atoms. The van der Waals surface area contributed by atoms with Crippen LogP contribution in [0.3, 0.4) is 0 Å². The minimum absolute atomic E-state index is 0.235. The molecule has 0 spiro atoms. The molecule has 1 saturated heterocycles. The van der Waals surface area contributed by atoms with E-state index in [4.69, 9.17) is 9.47 Å². The van der Waals surface area contributed by atoms with Gasteiger partial charge < -0.3 is 14.4 Å². The molecule has 9 heteroatoms. The second kappa shape index (κ2) is 10.1. The summed E-state index contributed by atoms with van der Waals surface area (Å²) in [5.41, 5.74) is 0.732. The molecule has 1 amide bonds. The Morgan fingerprint density at radius 2 is 1.74 bits per heavy atom. The van der Waals surface area contributed by atoms with Gasteiger partial charge in [-0.1, -0.05) is 13.8 Å². The van der Waals surface area contributed by atoms with E-state index >= 15 is 0 Å². The van der Waals surface area contributed by atoms with E-state index < -0.39 is 9.84 Å². The molecule has 1 aromatic carbocycles. The van der Waals surface area contributed by atoms with Crippen molar-refractivity contribution >= 4 is 15.9 Å². The fourth-order valence-corrected chi connectivity index (χ4v) is 3.85. The maximum atomic E-state index is 12.0. The number of carbonyl (C=O) groups is 1. The Kier molecular flexibility index (Phi) is 7.48. The number of benzene rings is 1. The quantitative estimate of drug-likeness (QED) is 0.641. The number of ether oxygens (including phenoxy) is 2. The molecular formula is C22H29N3O5S. The van der Waals surface area contributed by atoms with Crippen LogP contribution in [0, 0.1) is 11.8 Å². The van der Waals surface area contributed by atoms with Gasteiger partial charge in [-0.2, -0.15) is 0 Å². The van der Waals surface area contributed by atoms with Crippen molar-refractivity contribution in [2.24, 2.45) is 11.8 Å². The maximum absolute atomic E-state index is 12.0. The van der Waals surface area contributed by atoms with Gasteiger partial charge in [0, 0.05) is 24.9 Å². The Balaban J connectivity index is 1.46. The molecule has 168 valence electrons. The molecular weight excluding hydrogens is 418 g/mol. The van der Waals surface area contributed by atoms with Crippen molar-refractivity contribution in [3.63, 3.8) is 0 Å². The van der Waals surface area contributed by atoms with Crippen LogP contribution in [0.1, 0.15) is 26.7 Å². The van der Waals surface area contributed by atoms with Gasteiger partial charge in [0.05, 0.1) is 30.5 Å². The Morgan fingerprint density at radius 1 is 1.13 bits per heavy atom. The minimum atomic E-state index is -3.23. The van der Waals surface area contributed by atoms with Crippen molar-refractivity contribution < 1.29 is 22.7 Å². The molecule has 8 nitrogen and oxygen atoms in total. The van der Waals surface area contributed by atoms with Crippen molar-refractivity contribution in [3.8, 4) is 17.1 Å². The van der Waals surface area contributed by atoms with Gasteiger partial charge in [-0.3, -0.25) is 0 Å². The molecule has 2 heterocycles. The van der Waals surface area contributed by atoms with E-state index in [0.717, 1.165) is 18.4 Å². The lowest BCUT2D eigenvalue weighted by Crippen LogP contribution is -2.40. The predicted molar refractivity (Wildman–Crippen MR) is 117 cm³/mol. The monoisotopic (exact) mass is 447 g/mol. The molecule has 0 aliphatic carbocycles. The van der Waals surface area contributed by atoms with Crippen molar-refractivity contribution in [2.75, 3.05) is 32.6 Å². The van der Waals surface area contributed by atoms with Crippen LogP contribution in [0.2, 0.25) is 0 Å². The Morgan fingerprint density at radius 3 is 2.29 bits per heavy atom. The van der Waals surface area contributed by atoms with E-state index in [1.807, 2.05) is 13.8 Å². The first-order valence-corrected chi connectivity index (χ1v) is 12.3. The van der Waals surface area contributed by atoms with Gasteiger partial charge in [0.2, 0.25) is 0 Å². The number of carbonyl (C=O) groups excluding carboxylic acids is 1. The molecule has 0 saturated carbocycles. The maximum Gasteiger partial charge on any atom is 0.409 e. The first kappa shape index (κ1) is 23.0. The summed E-state index contributed by atoms with van der Waals surface area (Å²) in [5, 5.41) is 0. The van der Waals surface area contributed by atoms with E-state index in [1.54, 1.807) is 41.6 Å². The van der Waals surface area contributed by atoms with Gasteiger partial charge in [0.15, 0.2) is 21.4 Å². The van der Waals surface area contributed by atoms with Gasteiger partial charge >= 0.3 is 6.09 Å². The summed E-state index contributed by atoms with van der Waals surface area (Å²) in [7, 11) is -3.23. The van der Waals surface area contributed by atoms with Crippen LogP contribution in [0.5, 0.6) is 5.75 Å². The van der Waals surface area contributed by atoms with E-state index in [9.17, 15) is 13.2 Å². The molecule has 0 unspecified atom stereocenters. The number of likely N-dealkylation sites (tertiary alicyclic amines) is 1. The van der Waals surface area contributed by atoms with Crippen LogP contribution in [0.25, 0.3) is 11.4 Å². The standard InChI is InChI=1S/C22H29N3O5S/c1-16(2)14-30-22(26)25-10-8-17(9-11-25)15-29-19-12-23-21(24-13-19)18-4-6-20(7-5-18)31(3,27)28/h4-7,12-13,16-17H,8-11,14-15H2,1-3H3. The molecule has 0 atom stereocenters. The van der Waals surface area contributed by atoms with E-state index in [0.29, 0.717) is 49.7 Å². The number of rotatable bonds is 7. The van der Waals surface area contributed by atoms with Crippen molar-refractivity contribution in [1.82, 2.24) is 14.9 Å². The van der Waals surface area contributed by atoms with Crippen LogP contribution in [-0.2, 0) is 14.6 Å². The van der Waals surface area contributed by atoms with Crippen molar-refractivity contribution in [2.45, 2.75) is 31.6 Å². The van der Waals surface area contributed by atoms with E-state index in [1.165, 1.54) is 6.26 Å². The summed E-state index contributed by atoms with van der Waals surface area (Å²) < 4.78 is 34.2. The van der Waals surface area contributed by atoms with Crippen molar-refractivity contribution in [3.05, 3.63) is 36.7 Å². The Hall–Kier alpha value is -2.68. The lowest BCUT2D eigenvalue weighted by molar-refractivity contribution is 0.0732. The SMILES string of the molecule is CC(C)COC(=O)N1CCC(COc2cnc(-c3ccc(S(C)(=O)=O)cc3)nc2)CC1. The lowest BCUT2D eigenvalue weighted by atomic mass is 9.98. The smallest absolute Gasteiger partial charge is 0.409 e. The fraction of sp³-hybridized carbons (Fsp3) is 0.500. The molecule has 31 heavy (non-hydrogen) atoms. The molecule has 1 aliphatic rings. The highest BCUT2D eigenvalue weighted by molar-refractivity contribution is 7.90. The predicted octanol–water partition coefficient (Wildman–Crippen LogP) is 3.43. The summed E-state index contributed by atoms with van der Waals surface area (Å²) in [6.07, 6.45) is 5.90. The van der Waals surface area contributed by atoms with E-state index in [2.05, 4.69) is 9.97 Å². The van der Waals surface area contributed by atoms with E-state index in [-0.39, 0.29) is 11.0 Å². The van der Waals surface area contributed by atoms with Gasteiger partial charge in [-0.15, -0.1) is 0 Å². The zero-order valence-electron chi connectivity index (χ0n) is 18.2. The lowest BCUT2D eigenvalue weighted by Gasteiger charge is -2.31. The van der Waals surface area contributed by atoms with Gasteiger partial charge in [0.25, 0.3) is 0 Å². The topological polar surface area (TPSA) is 98.7 Å². The molecule has 0 N–H and O–H groups in total.